The molecule has 0 amide bonds. The predicted molar refractivity (Wildman–Crippen MR) is 200 cm³/mol. The number of halogens is 2. The first kappa shape index (κ1) is 37.7. The van der Waals surface area contributed by atoms with Gasteiger partial charge in [-0.15, -0.1) is 0 Å². The van der Waals surface area contributed by atoms with Gasteiger partial charge in [-0.25, -0.2) is 14.6 Å². The lowest BCUT2D eigenvalue weighted by Crippen LogP contribution is -2.40. The van der Waals surface area contributed by atoms with Gasteiger partial charge in [0.1, 0.15) is 12.4 Å². The van der Waals surface area contributed by atoms with Crippen LogP contribution in [-0.4, -0.2) is 48.4 Å². The van der Waals surface area contributed by atoms with E-state index < -0.39 is 22.9 Å². The van der Waals surface area contributed by atoms with E-state index in [9.17, 15) is 24.5 Å². The molecular weight excluding hydrogens is 861 g/mol. The highest BCUT2D eigenvalue weighted by atomic mass is 127. The van der Waals surface area contributed by atoms with Crippen LogP contribution in [0.4, 0.5) is 5.69 Å². The SMILES string of the molecule is CCOC(=O)C1=C(C)N=c2s/c(=C\c3cc(Br)c(OCc4ccc([N+](=O)[O-])cc4)c(I)c3)c(=O)n2[C@@H]1c1ccc(OCC(=O)OC)c(OCC)c1. The van der Waals surface area contributed by atoms with Crippen LogP contribution in [0.25, 0.3) is 6.08 Å². The molecule has 1 atom stereocenters. The second-order valence-corrected chi connectivity index (χ2v) is 13.9. The summed E-state index contributed by atoms with van der Waals surface area (Å²) in [5.74, 6) is 0.00508. The van der Waals surface area contributed by atoms with Gasteiger partial charge < -0.3 is 23.7 Å². The number of nitro groups is 1. The maximum Gasteiger partial charge on any atom is 0.343 e. The van der Waals surface area contributed by atoms with Gasteiger partial charge in [0.2, 0.25) is 0 Å². The number of ether oxygens (including phenoxy) is 5. The Morgan fingerprint density at radius 2 is 1.80 bits per heavy atom. The molecule has 0 bridgehead atoms. The van der Waals surface area contributed by atoms with Crippen LogP contribution in [-0.2, 0) is 25.7 Å². The minimum absolute atomic E-state index is 0.00188. The average Bonchev–Trinajstić information content (AvgIpc) is 3.40. The fraction of sp³-hybridized carbons (Fsp3) is 0.257. The summed E-state index contributed by atoms with van der Waals surface area (Å²) in [6.07, 6.45) is 1.74. The van der Waals surface area contributed by atoms with Crippen molar-refractivity contribution in [1.29, 1.82) is 0 Å². The standard InChI is InChI=1S/C35H31BrIN3O10S/c1-5-47-27-16-22(9-12-26(27)49-18-29(41)46-4)31-30(34(43)48-6-2)19(3)38-35-39(31)33(42)28(51-35)15-21-13-24(36)32(25(37)14-21)50-17-20-7-10-23(11-8-20)40(44)45/h7-16,31H,5-6,17-18H2,1-4H3/b28-15-/t31-/m1/s1. The Bertz CT molecular complexity index is 2190. The average molecular weight is 893 g/mol. The predicted octanol–water partition coefficient (Wildman–Crippen LogP) is 5.60. The Hall–Kier alpha value is -4.55. The van der Waals surface area contributed by atoms with Crippen molar-refractivity contribution in [2.45, 2.75) is 33.4 Å². The Morgan fingerprint density at radius 1 is 1.06 bits per heavy atom. The Labute approximate surface area is 317 Å². The first-order chi connectivity index (χ1) is 24.4. The number of carbonyl (C=O) groups is 2. The van der Waals surface area contributed by atoms with Crippen LogP contribution in [0.15, 0.2) is 80.1 Å². The maximum atomic E-state index is 14.2. The zero-order valence-electron chi connectivity index (χ0n) is 27.8. The minimum Gasteiger partial charge on any atom is -0.490 e. The van der Waals surface area contributed by atoms with Gasteiger partial charge in [-0.3, -0.25) is 19.5 Å². The van der Waals surface area contributed by atoms with E-state index in [1.54, 1.807) is 57.2 Å². The van der Waals surface area contributed by atoms with Crippen LogP contribution in [0.5, 0.6) is 17.2 Å². The van der Waals surface area contributed by atoms with Gasteiger partial charge in [0, 0.05) is 12.1 Å². The molecule has 3 aromatic carbocycles. The van der Waals surface area contributed by atoms with Crippen molar-refractivity contribution in [2.24, 2.45) is 4.99 Å². The number of carbonyl (C=O) groups excluding carboxylic acids is 2. The minimum atomic E-state index is -0.904. The summed E-state index contributed by atoms with van der Waals surface area (Å²) in [5, 5.41) is 11.0. The second-order valence-electron chi connectivity index (χ2n) is 10.8. The van der Waals surface area contributed by atoms with Gasteiger partial charge in [0.05, 0.1) is 55.1 Å². The summed E-state index contributed by atoms with van der Waals surface area (Å²) < 4.78 is 30.8. The van der Waals surface area contributed by atoms with Crippen LogP contribution >= 0.6 is 49.9 Å². The Morgan fingerprint density at radius 3 is 2.45 bits per heavy atom. The van der Waals surface area contributed by atoms with Crippen molar-refractivity contribution in [3.8, 4) is 17.2 Å². The smallest absolute Gasteiger partial charge is 0.343 e. The quantitative estimate of drug-likeness (QED) is 0.0716. The normalized spacial score (nSPS) is 14.0. The number of hydrogen-bond acceptors (Lipinski definition) is 12. The first-order valence-electron chi connectivity index (χ1n) is 15.5. The van der Waals surface area contributed by atoms with Gasteiger partial charge in [0.15, 0.2) is 22.9 Å². The number of nitrogens with zero attached hydrogens (tertiary/aromatic N) is 3. The summed E-state index contributed by atoms with van der Waals surface area (Å²) in [5.41, 5.74) is 2.25. The molecule has 0 N–H and O–H groups in total. The molecule has 0 saturated carbocycles. The van der Waals surface area contributed by atoms with Crippen molar-refractivity contribution in [2.75, 3.05) is 26.9 Å². The second kappa shape index (κ2) is 16.6. The number of aromatic nitrogens is 1. The number of thiazole rings is 1. The van der Waals surface area contributed by atoms with E-state index in [1.165, 1.54) is 35.1 Å². The molecule has 0 spiro atoms. The van der Waals surface area contributed by atoms with Crippen LogP contribution in [0.2, 0.25) is 0 Å². The van der Waals surface area contributed by atoms with Crippen molar-refractivity contribution < 1.29 is 38.2 Å². The van der Waals surface area contributed by atoms with E-state index in [1.807, 2.05) is 12.1 Å². The number of rotatable bonds is 13. The number of methoxy groups -OCH3 is 1. The molecule has 4 aromatic rings. The Balaban J connectivity index is 1.54. The third kappa shape index (κ3) is 8.50. The van der Waals surface area contributed by atoms with E-state index in [2.05, 4.69) is 48.3 Å². The molecule has 13 nitrogen and oxygen atoms in total. The lowest BCUT2D eigenvalue weighted by Gasteiger charge is -2.25. The lowest BCUT2D eigenvalue weighted by atomic mass is 9.95. The number of nitro benzene ring substituents is 1. The van der Waals surface area contributed by atoms with Gasteiger partial charge in [-0.1, -0.05) is 17.4 Å². The first-order valence-corrected chi connectivity index (χ1v) is 18.2. The zero-order chi connectivity index (χ0) is 36.8. The number of benzene rings is 3. The van der Waals surface area contributed by atoms with Crippen LogP contribution in [0.1, 0.15) is 43.5 Å². The number of non-ortho nitro benzene ring substituents is 1. The molecule has 0 aliphatic carbocycles. The van der Waals surface area contributed by atoms with Crippen molar-refractivity contribution in [1.82, 2.24) is 4.57 Å². The van der Waals surface area contributed by atoms with Crippen LogP contribution < -0.4 is 29.1 Å². The van der Waals surface area contributed by atoms with Crippen molar-refractivity contribution >= 4 is 73.6 Å². The molecule has 0 fully saturated rings. The monoisotopic (exact) mass is 891 g/mol. The van der Waals surface area contributed by atoms with Gasteiger partial charge in [-0.2, -0.15) is 0 Å². The molecule has 16 heteroatoms. The molecule has 5 rings (SSSR count). The number of esters is 2. The Kier molecular flexibility index (Phi) is 12.3. The summed E-state index contributed by atoms with van der Waals surface area (Å²) in [4.78, 5) is 54.9. The number of hydrogen-bond donors (Lipinski definition) is 0. The summed E-state index contributed by atoms with van der Waals surface area (Å²) in [6.45, 7) is 5.46. The largest absolute Gasteiger partial charge is 0.490 e. The zero-order valence-corrected chi connectivity index (χ0v) is 32.3. The lowest BCUT2D eigenvalue weighted by molar-refractivity contribution is -0.384. The van der Waals surface area contributed by atoms with E-state index >= 15 is 0 Å². The van der Waals surface area contributed by atoms with Gasteiger partial charge in [0.25, 0.3) is 11.2 Å². The van der Waals surface area contributed by atoms with Crippen LogP contribution in [0, 0.1) is 13.7 Å². The van der Waals surface area contributed by atoms with E-state index in [-0.39, 0.29) is 49.0 Å². The highest BCUT2D eigenvalue weighted by molar-refractivity contribution is 14.1. The summed E-state index contributed by atoms with van der Waals surface area (Å²) >= 11 is 6.91. The third-order valence-electron chi connectivity index (χ3n) is 7.52. The molecule has 51 heavy (non-hydrogen) atoms. The molecule has 266 valence electrons. The van der Waals surface area contributed by atoms with Crippen molar-refractivity contribution in [3.05, 3.63) is 120 Å². The van der Waals surface area contributed by atoms with Crippen molar-refractivity contribution in [3.63, 3.8) is 0 Å². The highest BCUT2D eigenvalue weighted by Crippen LogP contribution is 2.37. The number of fused-ring (bicyclic) bond motifs is 1. The fourth-order valence-corrected chi connectivity index (χ4v) is 8.02. The highest BCUT2D eigenvalue weighted by Gasteiger charge is 2.34. The third-order valence-corrected chi connectivity index (χ3v) is 9.90. The maximum absolute atomic E-state index is 14.2. The molecule has 0 radical (unpaired) electrons. The summed E-state index contributed by atoms with van der Waals surface area (Å²) in [7, 11) is 1.26. The van der Waals surface area contributed by atoms with E-state index in [4.69, 9.17) is 18.9 Å². The number of allylic oxidation sites excluding steroid dienone is 1. The molecule has 2 heterocycles. The molecular formula is C35H31BrIN3O10S. The van der Waals surface area contributed by atoms with E-state index in [0.717, 1.165) is 9.13 Å². The molecule has 1 aliphatic heterocycles. The van der Waals surface area contributed by atoms with Gasteiger partial charge in [-0.05, 0) is 118 Å². The van der Waals surface area contributed by atoms with Gasteiger partial charge >= 0.3 is 11.9 Å². The molecule has 1 aromatic heterocycles. The molecule has 0 unspecified atom stereocenters. The fourth-order valence-electron chi connectivity index (χ4n) is 5.21. The topological polar surface area (TPSA) is 158 Å². The van der Waals surface area contributed by atoms with Crippen LogP contribution in [0.3, 0.4) is 0 Å². The molecule has 0 saturated heterocycles. The van der Waals surface area contributed by atoms with E-state index in [0.29, 0.717) is 42.1 Å². The molecule has 1 aliphatic rings. The summed E-state index contributed by atoms with van der Waals surface area (Å²) in [6, 6.07) is 13.9.